The van der Waals surface area contributed by atoms with Gasteiger partial charge in [-0.3, -0.25) is 9.36 Å². The van der Waals surface area contributed by atoms with Crippen LogP contribution in [0, 0.1) is 11.6 Å². The van der Waals surface area contributed by atoms with Gasteiger partial charge in [-0.1, -0.05) is 6.07 Å². The number of amides is 1. The molecular weight excluding hydrogens is 356 g/mol. The third-order valence-corrected chi connectivity index (χ3v) is 4.44. The van der Waals surface area contributed by atoms with E-state index in [2.05, 4.69) is 20.5 Å². The number of hydrogen-bond acceptors (Lipinski definition) is 4. The molecule has 0 saturated carbocycles. The quantitative estimate of drug-likeness (QED) is 0.720. The first-order valence-corrected chi connectivity index (χ1v) is 8.56. The molecule has 0 radical (unpaired) electrons. The van der Waals surface area contributed by atoms with Crippen LogP contribution in [-0.2, 0) is 4.74 Å². The van der Waals surface area contributed by atoms with Crippen molar-refractivity contribution in [3.05, 3.63) is 54.1 Å². The summed E-state index contributed by atoms with van der Waals surface area (Å²) in [5.74, 6) is -1.95. The average Bonchev–Trinajstić information content (AvgIpc) is 3.42. The lowest BCUT2D eigenvalue weighted by atomic mass is 10.2. The minimum Gasteiger partial charge on any atom is -0.376 e. The van der Waals surface area contributed by atoms with Gasteiger partial charge in [-0.2, -0.15) is 0 Å². The SMILES string of the molecule is O=C(NC[C@H]1CCCO1)c1cc(-c2nncn2-c2cccc(F)c2F)c[nH]1. The number of H-pyrrole nitrogens is 1. The fourth-order valence-electron chi connectivity index (χ4n) is 3.05. The van der Waals surface area contributed by atoms with Gasteiger partial charge in [0.15, 0.2) is 17.5 Å². The first kappa shape index (κ1) is 17.3. The van der Waals surface area contributed by atoms with Crippen molar-refractivity contribution in [3.8, 4) is 17.1 Å². The number of rotatable bonds is 5. The van der Waals surface area contributed by atoms with Crippen molar-refractivity contribution in [2.45, 2.75) is 18.9 Å². The molecule has 0 unspecified atom stereocenters. The molecule has 4 rings (SSSR count). The van der Waals surface area contributed by atoms with Gasteiger partial charge in [0, 0.05) is 24.9 Å². The van der Waals surface area contributed by atoms with Gasteiger partial charge < -0.3 is 15.0 Å². The van der Waals surface area contributed by atoms with Gasteiger partial charge in [-0.15, -0.1) is 10.2 Å². The van der Waals surface area contributed by atoms with Crippen molar-refractivity contribution in [2.75, 3.05) is 13.2 Å². The van der Waals surface area contributed by atoms with Gasteiger partial charge >= 0.3 is 0 Å². The van der Waals surface area contributed by atoms with Crippen LogP contribution in [-0.4, -0.2) is 44.9 Å². The summed E-state index contributed by atoms with van der Waals surface area (Å²) in [6, 6.07) is 5.45. The van der Waals surface area contributed by atoms with Crippen molar-refractivity contribution in [1.82, 2.24) is 25.1 Å². The summed E-state index contributed by atoms with van der Waals surface area (Å²) in [6.07, 6.45) is 4.83. The minimum absolute atomic E-state index is 0.0133. The van der Waals surface area contributed by atoms with Crippen LogP contribution in [0.3, 0.4) is 0 Å². The molecule has 3 heterocycles. The molecule has 1 saturated heterocycles. The predicted octanol–water partition coefficient (Wildman–Crippen LogP) is 2.45. The highest BCUT2D eigenvalue weighted by atomic mass is 19.2. The molecule has 27 heavy (non-hydrogen) atoms. The number of halogens is 2. The molecule has 0 aliphatic carbocycles. The minimum atomic E-state index is -0.997. The summed E-state index contributed by atoms with van der Waals surface area (Å²) < 4.78 is 34.4. The molecule has 3 aromatic rings. The Kier molecular flexibility index (Phi) is 4.68. The highest BCUT2D eigenvalue weighted by molar-refractivity contribution is 5.93. The Hall–Kier alpha value is -3.07. The maximum absolute atomic E-state index is 14.1. The molecule has 0 bridgehead atoms. The Morgan fingerprint density at radius 1 is 1.41 bits per heavy atom. The molecule has 7 nitrogen and oxygen atoms in total. The number of aromatic amines is 1. The van der Waals surface area contributed by atoms with Gasteiger partial charge in [-0.25, -0.2) is 8.78 Å². The van der Waals surface area contributed by atoms with Crippen LogP contribution >= 0.6 is 0 Å². The molecule has 1 aliphatic heterocycles. The lowest BCUT2D eigenvalue weighted by molar-refractivity contribution is 0.0854. The fourth-order valence-corrected chi connectivity index (χ4v) is 3.05. The van der Waals surface area contributed by atoms with Gasteiger partial charge in [0.05, 0.1) is 11.8 Å². The Bertz CT molecular complexity index is 962. The molecule has 9 heteroatoms. The number of hydrogen-bond donors (Lipinski definition) is 2. The van der Waals surface area contributed by atoms with Gasteiger partial charge in [0.1, 0.15) is 12.0 Å². The number of ether oxygens (including phenoxy) is 1. The van der Waals surface area contributed by atoms with Crippen molar-refractivity contribution >= 4 is 5.91 Å². The van der Waals surface area contributed by atoms with E-state index in [9.17, 15) is 13.6 Å². The fraction of sp³-hybridized carbons (Fsp3) is 0.278. The third kappa shape index (κ3) is 3.45. The second-order valence-electron chi connectivity index (χ2n) is 6.24. The maximum Gasteiger partial charge on any atom is 0.267 e. The maximum atomic E-state index is 14.1. The monoisotopic (exact) mass is 373 g/mol. The third-order valence-electron chi connectivity index (χ3n) is 4.44. The average molecular weight is 373 g/mol. The van der Waals surface area contributed by atoms with Crippen LogP contribution in [0.25, 0.3) is 17.1 Å². The van der Waals surface area contributed by atoms with Crippen LogP contribution in [0.15, 0.2) is 36.8 Å². The Morgan fingerprint density at radius 2 is 2.30 bits per heavy atom. The molecule has 2 N–H and O–H groups in total. The zero-order valence-electron chi connectivity index (χ0n) is 14.3. The van der Waals surface area contributed by atoms with Crippen LogP contribution in [0.1, 0.15) is 23.3 Å². The molecule has 2 aromatic heterocycles. The van der Waals surface area contributed by atoms with E-state index in [1.807, 2.05) is 0 Å². The highest BCUT2D eigenvalue weighted by Gasteiger charge is 2.19. The summed E-state index contributed by atoms with van der Waals surface area (Å²) in [4.78, 5) is 15.2. The molecule has 1 aliphatic rings. The normalized spacial score (nSPS) is 16.6. The Labute approximate surface area is 153 Å². The highest BCUT2D eigenvalue weighted by Crippen LogP contribution is 2.24. The number of carbonyl (C=O) groups is 1. The van der Waals surface area contributed by atoms with Crippen molar-refractivity contribution in [3.63, 3.8) is 0 Å². The second-order valence-corrected chi connectivity index (χ2v) is 6.24. The molecule has 0 spiro atoms. The molecular formula is C18H17F2N5O2. The standard InChI is InChI=1S/C18H17F2N5O2/c19-13-4-1-5-15(16(13)20)25-10-23-24-17(25)11-7-14(21-8-11)18(26)22-9-12-3-2-6-27-12/h1,4-5,7-8,10,12,21H,2-3,6,9H2,(H,22,26)/t12-/m1/s1. The van der Waals surface area contributed by atoms with Gasteiger partial charge in [0.25, 0.3) is 5.91 Å². The largest absolute Gasteiger partial charge is 0.376 e. The number of nitrogens with one attached hydrogen (secondary N) is 2. The van der Waals surface area contributed by atoms with E-state index in [1.54, 1.807) is 12.3 Å². The topological polar surface area (TPSA) is 84.8 Å². The second kappa shape index (κ2) is 7.28. The van der Waals surface area contributed by atoms with Crippen LogP contribution in [0.2, 0.25) is 0 Å². The van der Waals surface area contributed by atoms with E-state index < -0.39 is 11.6 Å². The lowest BCUT2D eigenvalue weighted by Crippen LogP contribution is -2.31. The summed E-state index contributed by atoms with van der Waals surface area (Å²) in [7, 11) is 0. The van der Waals surface area contributed by atoms with Crippen molar-refractivity contribution < 1.29 is 18.3 Å². The molecule has 1 fully saturated rings. The smallest absolute Gasteiger partial charge is 0.267 e. The van der Waals surface area contributed by atoms with Crippen molar-refractivity contribution in [2.24, 2.45) is 0 Å². The van der Waals surface area contributed by atoms with E-state index in [0.717, 1.165) is 25.5 Å². The van der Waals surface area contributed by atoms with E-state index >= 15 is 0 Å². The first-order valence-electron chi connectivity index (χ1n) is 8.56. The summed E-state index contributed by atoms with van der Waals surface area (Å²) in [6.45, 7) is 1.16. The van der Waals surface area contributed by atoms with Crippen molar-refractivity contribution in [1.29, 1.82) is 0 Å². The molecule has 1 amide bonds. The number of carbonyl (C=O) groups excluding carboxylic acids is 1. The van der Waals surface area contributed by atoms with Crippen LogP contribution < -0.4 is 5.32 Å². The predicted molar refractivity (Wildman–Crippen MR) is 92.4 cm³/mol. The summed E-state index contributed by atoms with van der Waals surface area (Å²) in [5.41, 5.74) is 0.844. The Balaban J connectivity index is 1.55. The number of benzene rings is 1. The first-order chi connectivity index (χ1) is 13.1. The van der Waals surface area contributed by atoms with Gasteiger partial charge in [-0.05, 0) is 31.0 Å². The van der Waals surface area contributed by atoms with E-state index in [1.165, 1.54) is 23.0 Å². The summed E-state index contributed by atoms with van der Waals surface area (Å²) >= 11 is 0. The number of nitrogens with zero attached hydrogens (tertiary/aromatic N) is 3. The Morgan fingerprint density at radius 3 is 3.11 bits per heavy atom. The van der Waals surface area contributed by atoms with Crippen LogP contribution in [0.5, 0.6) is 0 Å². The lowest BCUT2D eigenvalue weighted by Gasteiger charge is -2.09. The van der Waals surface area contributed by atoms with E-state index in [0.29, 0.717) is 17.8 Å². The van der Waals surface area contributed by atoms with E-state index in [-0.39, 0.29) is 23.5 Å². The zero-order valence-corrected chi connectivity index (χ0v) is 14.3. The molecule has 1 aromatic carbocycles. The van der Waals surface area contributed by atoms with Crippen LogP contribution in [0.4, 0.5) is 8.78 Å². The molecule has 1 atom stereocenters. The number of aromatic nitrogens is 4. The summed E-state index contributed by atoms with van der Waals surface area (Å²) in [5, 5.41) is 10.6. The zero-order chi connectivity index (χ0) is 18.8. The molecule has 140 valence electrons. The van der Waals surface area contributed by atoms with E-state index in [4.69, 9.17) is 4.74 Å². The van der Waals surface area contributed by atoms with Gasteiger partial charge in [0.2, 0.25) is 0 Å².